The van der Waals surface area contributed by atoms with Gasteiger partial charge in [0.05, 0.1) is 0 Å². The van der Waals surface area contributed by atoms with Crippen molar-refractivity contribution in [2.45, 2.75) is 51.1 Å². The number of likely N-dealkylation sites (N-methyl/N-ethyl adjacent to an activating group) is 1. The first-order valence-corrected chi connectivity index (χ1v) is 12.0. The van der Waals surface area contributed by atoms with Crippen LogP contribution in [0.5, 0.6) is 0 Å². The van der Waals surface area contributed by atoms with Crippen LogP contribution in [0.1, 0.15) is 60.8 Å². The molecule has 0 unspecified atom stereocenters. The zero-order valence-electron chi connectivity index (χ0n) is 19.1. The average molecular weight is 427 g/mol. The van der Waals surface area contributed by atoms with Crippen LogP contribution in [0.2, 0.25) is 0 Å². The van der Waals surface area contributed by atoms with E-state index in [0.717, 1.165) is 50.2 Å². The second kappa shape index (κ2) is 9.44. The molecule has 0 N–H and O–H groups in total. The summed E-state index contributed by atoms with van der Waals surface area (Å²) >= 11 is 0. The number of rotatable bonds is 5. The van der Waals surface area contributed by atoms with E-state index in [0.29, 0.717) is 11.9 Å². The van der Waals surface area contributed by atoms with Crippen molar-refractivity contribution in [3.8, 4) is 12.3 Å². The van der Waals surface area contributed by atoms with Gasteiger partial charge in [-0.1, -0.05) is 43.5 Å². The van der Waals surface area contributed by atoms with Gasteiger partial charge in [-0.3, -0.25) is 4.90 Å². The van der Waals surface area contributed by atoms with Crippen LogP contribution in [0.3, 0.4) is 0 Å². The van der Waals surface area contributed by atoms with Crippen molar-refractivity contribution >= 4 is 11.0 Å². The summed E-state index contributed by atoms with van der Waals surface area (Å²) in [5.41, 5.74) is 5.07. The van der Waals surface area contributed by atoms with E-state index in [1.54, 1.807) is 0 Å². The van der Waals surface area contributed by atoms with Crippen molar-refractivity contribution in [1.82, 2.24) is 24.3 Å². The predicted molar refractivity (Wildman–Crippen MR) is 130 cm³/mol. The summed E-state index contributed by atoms with van der Waals surface area (Å²) in [5.74, 6) is 3.09. The van der Waals surface area contributed by atoms with Gasteiger partial charge in [0.15, 0.2) is 0 Å². The fourth-order valence-corrected chi connectivity index (χ4v) is 5.25. The Kier molecular flexibility index (Phi) is 6.25. The fourth-order valence-electron chi connectivity index (χ4n) is 5.25. The molecule has 0 radical (unpaired) electrons. The number of aromatic nitrogens is 3. The molecule has 1 saturated carbocycles. The number of benzene rings is 1. The monoisotopic (exact) mass is 426 g/mol. The minimum absolute atomic E-state index is 0.479. The van der Waals surface area contributed by atoms with E-state index in [4.69, 9.17) is 11.4 Å². The normalized spacial score (nSPS) is 18.8. The molecule has 2 aromatic heterocycles. The third kappa shape index (κ3) is 4.57. The third-order valence-electron chi connectivity index (χ3n) is 7.13. The second-order valence-electron chi connectivity index (χ2n) is 9.49. The number of hydrogen-bond acceptors (Lipinski definition) is 4. The summed E-state index contributed by atoms with van der Waals surface area (Å²) in [4.78, 5) is 14.0. The molecule has 166 valence electrons. The van der Waals surface area contributed by atoms with Gasteiger partial charge in [0.25, 0.3) is 0 Å². The van der Waals surface area contributed by atoms with Gasteiger partial charge in [-0.2, -0.15) is 0 Å². The molecule has 1 saturated heterocycles. The Morgan fingerprint density at radius 3 is 2.44 bits per heavy atom. The number of nitrogens with zero attached hydrogens (tertiary/aromatic N) is 5. The maximum Gasteiger partial charge on any atom is 0.206 e. The zero-order valence-corrected chi connectivity index (χ0v) is 19.1. The SMILES string of the molecule is C#Cc1ncc2cc(Cc3ccc(CN4CCN([11CH3])CC4)cc3)n(C3CCCCC3)c2n1. The lowest BCUT2D eigenvalue weighted by molar-refractivity contribution is 0.148. The summed E-state index contributed by atoms with van der Waals surface area (Å²) in [7, 11) is 2.21. The van der Waals surface area contributed by atoms with Crippen molar-refractivity contribution < 1.29 is 0 Å². The molecular weight excluding hydrogens is 393 g/mol. The van der Waals surface area contributed by atoms with Crippen molar-refractivity contribution in [1.29, 1.82) is 0 Å². The van der Waals surface area contributed by atoms with Gasteiger partial charge in [-0.25, -0.2) is 9.97 Å². The van der Waals surface area contributed by atoms with Gasteiger partial charge in [0, 0.05) is 62.5 Å². The average Bonchev–Trinajstić information content (AvgIpc) is 3.19. The topological polar surface area (TPSA) is 37.2 Å². The van der Waals surface area contributed by atoms with E-state index in [1.165, 1.54) is 48.9 Å². The van der Waals surface area contributed by atoms with Crippen LogP contribution in [0.4, 0.5) is 0 Å². The molecule has 3 heterocycles. The molecular formula is C27H33N5. The highest BCUT2D eigenvalue weighted by atomic mass is 15.2. The molecule has 1 aromatic carbocycles. The maximum absolute atomic E-state index is 5.60. The molecule has 5 nitrogen and oxygen atoms in total. The molecule has 5 heteroatoms. The molecule has 5 rings (SSSR count). The molecule has 0 amide bonds. The van der Waals surface area contributed by atoms with E-state index < -0.39 is 0 Å². The van der Waals surface area contributed by atoms with Crippen LogP contribution >= 0.6 is 0 Å². The van der Waals surface area contributed by atoms with Crippen LogP contribution in [0, 0.1) is 12.3 Å². The molecule has 2 fully saturated rings. The Labute approximate surface area is 191 Å². The Morgan fingerprint density at radius 1 is 1.00 bits per heavy atom. The molecule has 3 aromatic rings. The van der Waals surface area contributed by atoms with Crippen molar-refractivity contribution in [2.75, 3.05) is 33.2 Å². The number of hydrogen-bond donors (Lipinski definition) is 0. The largest absolute Gasteiger partial charge is 0.326 e. The molecule has 0 bridgehead atoms. The van der Waals surface area contributed by atoms with Gasteiger partial charge in [0.1, 0.15) is 5.65 Å². The minimum Gasteiger partial charge on any atom is -0.326 e. The van der Waals surface area contributed by atoms with Gasteiger partial charge >= 0.3 is 0 Å². The Balaban J connectivity index is 1.38. The zero-order chi connectivity index (χ0) is 21.9. The Morgan fingerprint density at radius 2 is 1.72 bits per heavy atom. The standard InChI is InChI=1S/C27H33N5/c1-3-26-28-19-23-18-25(32(27(23)29-26)24-7-5-4-6-8-24)17-21-9-11-22(12-10-21)20-31-15-13-30(2)14-16-31/h1,9-12,18-19,24H,4-8,13-17,20H2,2H3/i2-1. The summed E-state index contributed by atoms with van der Waals surface area (Å²) in [6.45, 7) is 5.67. The molecule has 32 heavy (non-hydrogen) atoms. The van der Waals surface area contributed by atoms with Gasteiger partial charge < -0.3 is 9.47 Å². The van der Waals surface area contributed by atoms with Crippen LogP contribution in [-0.2, 0) is 13.0 Å². The lowest BCUT2D eigenvalue weighted by Gasteiger charge is -2.32. The van der Waals surface area contributed by atoms with Crippen LogP contribution < -0.4 is 0 Å². The highest BCUT2D eigenvalue weighted by Crippen LogP contribution is 2.33. The van der Waals surface area contributed by atoms with Gasteiger partial charge in [0.2, 0.25) is 5.82 Å². The summed E-state index contributed by atoms with van der Waals surface area (Å²) < 4.78 is 2.47. The predicted octanol–water partition coefficient (Wildman–Crippen LogP) is 4.26. The highest BCUT2D eigenvalue weighted by Gasteiger charge is 2.22. The van der Waals surface area contributed by atoms with Gasteiger partial charge in [-0.15, -0.1) is 6.42 Å². The van der Waals surface area contributed by atoms with Crippen molar-refractivity contribution in [2.24, 2.45) is 0 Å². The summed E-state index contributed by atoms with van der Waals surface area (Å²) in [6, 6.07) is 12.0. The molecule has 1 aliphatic heterocycles. The van der Waals surface area contributed by atoms with E-state index in [2.05, 4.69) is 62.7 Å². The quantitative estimate of drug-likeness (QED) is 0.572. The fraction of sp³-hybridized carbons (Fsp3) is 0.481. The third-order valence-corrected chi connectivity index (χ3v) is 7.13. The first kappa shape index (κ1) is 21.2. The number of piperazine rings is 1. The first-order chi connectivity index (χ1) is 15.7. The van der Waals surface area contributed by atoms with Crippen molar-refractivity contribution in [3.05, 3.63) is 59.2 Å². The summed E-state index contributed by atoms with van der Waals surface area (Å²) in [5, 5.41) is 1.09. The lowest BCUT2D eigenvalue weighted by Crippen LogP contribution is -2.43. The van der Waals surface area contributed by atoms with E-state index in [-0.39, 0.29) is 0 Å². The van der Waals surface area contributed by atoms with Crippen LogP contribution in [-0.4, -0.2) is 57.6 Å². The minimum atomic E-state index is 0.479. The molecule has 0 atom stereocenters. The van der Waals surface area contributed by atoms with E-state index in [1.807, 2.05) is 6.20 Å². The Bertz CT molecular complexity index is 1090. The van der Waals surface area contributed by atoms with Gasteiger partial charge in [-0.05, 0) is 43.0 Å². The first-order valence-electron chi connectivity index (χ1n) is 12.0. The molecule has 0 spiro atoms. The summed E-state index contributed by atoms with van der Waals surface area (Å²) in [6.07, 6.45) is 14.7. The second-order valence-corrected chi connectivity index (χ2v) is 9.49. The van der Waals surface area contributed by atoms with E-state index in [9.17, 15) is 0 Å². The Hall–Kier alpha value is -2.68. The lowest BCUT2D eigenvalue weighted by atomic mass is 9.95. The highest BCUT2D eigenvalue weighted by molar-refractivity contribution is 5.77. The van der Waals surface area contributed by atoms with E-state index >= 15 is 0 Å². The maximum atomic E-state index is 5.60. The molecule has 1 aliphatic carbocycles. The number of terminal acetylenes is 1. The van der Waals surface area contributed by atoms with Crippen LogP contribution in [0.25, 0.3) is 11.0 Å². The smallest absolute Gasteiger partial charge is 0.206 e. The van der Waals surface area contributed by atoms with Crippen LogP contribution in [0.15, 0.2) is 36.5 Å². The molecule has 2 aliphatic rings. The number of fused-ring (bicyclic) bond motifs is 1. The van der Waals surface area contributed by atoms with Crippen molar-refractivity contribution in [3.63, 3.8) is 0 Å².